The molecule has 1 atom stereocenters. The Morgan fingerprint density at radius 1 is 1.41 bits per heavy atom. The van der Waals surface area contributed by atoms with E-state index >= 15 is 0 Å². The van der Waals surface area contributed by atoms with E-state index in [9.17, 15) is 5.11 Å². The smallest absolute Gasteiger partial charge is 0.0586 e. The average Bonchev–Trinajstić information content (AvgIpc) is 2.63. The molecule has 0 spiro atoms. The van der Waals surface area contributed by atoms with Crippen molar-refractivity contribution in [1.29, 1.82) is 0 Å². The van der Waals surface area contributed by atoms with Crippen LogP contribution in [0.5, 0.6) is 0 Å². The number of aryl methyl sites for hydroxylation is 1. The summed E-state index contributed by atoms with van der Waals surface area (Å²) in [6, 6.07) is 0.370. The molecule has 2 rings (SSSR count). The molecule has 0 amide bonds. The Kier molecular flexibility index (Phi) is 4.57. The van der Waals surface area contributed by atoms with Gasteiger partial charge in [-0.15, -0.1) is 0 Å². The van der Waals surface area contributed by atoms with Crippen LogP contribution in [-0.4, -0.2) is 45.5 Å². The Hall–Kier alpha value is -0.870. The molecule has 4 heteroatoms. The maximum absolute atomic E-state index is 9.43. The zero-order chi connectivity index (χ0) is 12.1. The number of likely N-dealkylation sites (tertiary alicyclic amines) is 1. The van der Waals surface area contributed by atoms with Crippen molar-refractivity contribution in [3.63, 3.8) is 0 Å². The number of rotatable bonds is 4. The van der Waals surface area contributed by atoms with Crippen LogP contribution in [0.3, 0.4) is 0 Å². The van der Waals surface area contributed by atoms with Gasteiger partial charge in [0.15, 0.2) is 0 Å². The van der Waals surface area contributed by atoms with E-state index in [1.165, 1.54) is 24.8 Å². The van der Waals surface area contributed by atoms with E-state index in [1.807, 2.05) is 17.9 Å². The molecule has 1 saturated heterocycles. The molecule has 0 bridgehead atoms. The summed E-state index contributed by atoms with van der Waals surface area (Å²) in [6.07, 6.45) is 10.0. The summed E-state index contributed by atoms with van der Waals surface area (Å²) in [6.45, 7) is 2.47. The molecule has 17 heavy (non-hydrogen) atoms. The molecule has 1 fully saturated rings. The summed E-state index contributed by atoms with van der Waals surface area (Å²) in [5.74, 6) is 0. The van der Waals surface area contributed by atoms with Gasteiger partial charge in [0, 0.05) is 25.8 Å². The first-order chi connectivity index (χ1) is 8.29. The third-order valence-corrected chi connectivity index (χ3v) is 3.66. The summed E-state index contributed by atoms with van der Waals surface area (Å²) < 4.78 is 1.85. The summed E-state index contributed by atoms with van der Waals surface area (Å²) in [4.78, 5) is 2.44. The fraction of sp³-hybridized carbons (Fsp3) is 0.769. The highest BCUT2D eigenvalue weighted by Crippen LogP contribution is 2.16. The number of aliphatic hydroxyl groups excluding tert-OH is 1. The highest BCUT2D eigenvalue weighted by Gasteiger charge is 2.19. The van der Waals surface area contributed by atoms with Gasteiger partial charge in [0.05, 0.1) is 12.8 Å². The van der Waals surface area contributed by atoms with E-state index in [4.69, 9.17) is 0 Å². The van der Waals surface area contributed by atoms with Gasteiger partial charge in [0.25, 0.3) is 0 Å². The van der Waals surface area contributed by atoms with Crippen molar-refractivity contribution in [2.24, 2.45) is 7.05 Å². The zero-order valence-electron chi connectivity index (χ0n) is 10.7. The lowest BCUT2D eigenvalue weighted by molar-refractivity contribution is 0.125. The fourth-order valence-corrected chi connectivity index (χ4v) is 2.61. The van der Waals surface area contributed by atoms with Crippen LogP contribution in [-0.2, 0) is 13.5 Å². The molecule has 4 nitrogen and oxygen atoms in total. The highest BCUT2D eigenvalue weighted by atomic mass is 16.3. The van der Waals surface area contributed by atoms with Gasteiger partial charge < -0.3 is 5.11 Å². The summed E-state index contributed by atoms with van der Waals surface area (Å²) in [7, 11) is 1.95. The lowest BCUT2D eigenvalue weighted by atomic mass is 10.1. The van der Waals surface area contributed by atoms with Gasteiger partial charge >= 0.3 is 0 Å². The van der Waals surface area contributed by atoms with Crippen LogP contribution >= 0.6 is 0 Å². The van der Waals surface area contributed by atoms with Crippen LogP contribution in [0.4, 0.5) is 0 Å². The monoisotopic (exact) mass is 237 g/mol. The van der Waals surface area contributed by atoms with Gasteiger partial charge in [-0.25, -0.2) is 0 Å². The molecule has 96 valence electrons. The Labute approximate surface area is 103 Å². The van der Waals surface area contributed by atoms with Crippen molar-refractivity contribution in [1.82, 2.24) is 14.7 Å². The molecule has 1 N–H and O–H groups in total. The second kappa shape index (κ2) is 6.17. The number of nitrogens with zero attached hydrogens (tertiary/aromatic N) is 3. The third-order valence-electron chi connectivity index (χ3n) is 3.66. The molecule has 1 unspecified atom stereocenters. The molecule has 0 saturated carbocycles. The van der Waals surface area contributed by atoms with E-state index < -0.39 is 0 Å². The van der Waals surface area contributed by atoms with Gasteiger partial charge in [0.2, 0.25) is 0 Å². The first-order valence-corrected chi connectivity index (χ1v) is 6.62. The van der Waals surface area contributed by atoms with Crippen LogP contribution in [0.25, 0.3) is 0 Å². The van der Waals surface area contributed by atoms with E-state index in [1.54, 1.807) is 0 Å². The topological polar surface area (TPSA) is 41.3 Å². The largest absolute Gasteiger partial charge is 0.395 e. The molecule has 1 aromatic heterocycles. The van der Waals surface area contributed by atoms with Gasteiger partial charge in [-0.05, 0) is 31.4 Å². The maximum atomic E-state index is 9.43. The molecular formula is C13H23N3O. The third kappa shape index (κ3) is 3.54. The molecule has 1 aliphatic heterocycles. The molecule has 0 radical (unpaired) electrons. The number of aliphatic hydroxyl groups is 1. The van der Waals surface area contributed by atoms with Crippen LogP contribution in [0.15, 0.2) is 12.4 Å². The summed E-state index contributed by atoms with van der Waals surface area (Å²) in [5.41, 5.74) is 1.29. The van der Waals surface area contributed by atoms with Crippen LogP contribution < -0.4 is 0 Å². The number of aromatic nitrogens is 2. The molecule has 0 aromatic carbocycles. The lowest BCUT2D eigenvalue weighted by Gasteiger charge is -2.28. The Balaban J connectivity index is 1.87. The van der Waals surface area contributed by atoms with E-state index in [-0.39, 0.29) is 0 Å². The minimum absolute atomic E-state index is 0.299. The van der Waals surface area contributed by atoms with Crippen molar-refractivity contribution < 1.29 is 5.11 Å². The second-order valence-corrected chi connectivity index (χ2v) is 4.99. The number of hydrogen-bond acceptors (Lipinski definition) is 3. The minimum atomic E-state index is 0.299. The van der Waals surface area contributed by atoms with Gasteiger partial charge in [-0.1, -0.05) is 12.8 Å². The van der Waals surface area contributed by atoms with Crippen molar-refractivity contribution in [2.45, 2.75) is 38.1 Å². The molecular weight excluding hydrogens is 214 g/mol. The number of hydrogen-bond donors (Lipinski definition) is 1. The maximum Gasteiger partial charge on any atom is 0.0586 e. The molecule has 2 heterocycles. The highest BCUT2D eigenvalue weighted by molar-refractivity contribution is 5.04. The summed E-state index contributed by atoms with van der Waals surface area (Å²) in [5, 5.41) is 13.6. The standard InChI is InChI=1S/C13H23N3O/c1-15-10-12(9-14-15)6-8-16-7-4-2-3-5-13(16)11-17/h9-10,13,17H,2-8,11H2,1H3. The van der Waals surface area contributed by atoms with E-state index in [2.05, 4.69) is 16.2 Å². The lowest BCUT2D eigenvalue weighted by Crippen LogP contribution is -2.38. The van der Waals surface area contributed by atoms with Crippen LogP contribution in [0, 0.1) is 0 Å². The molecule has 0 aliphatic carbocycles. The second-order valence-electron chi connectivity index (χ2n) is 4.99. The van der Waals surface area contributed by atoms with Crippen LogP contribution in [0.1, 0.15) is 31.2 Å². The predicted molar refractivity (Wildman–Crippen MR) is 67.8 cm³/mol. The SMILES string of the molecule is Cn1cc(CCN2CCCCCC2CO)cn1. The Morgan fingerprint density at radius 2 is 2.29 bits per heavy atom. The minimum Gasteiger partial charge on any atom is -0.395 e. The van der Waals surface area contributed by atoms with Crippen molar-refractivity contribution in [3.05, 3.63) is 18.0 Å². The molecule has 1 aliphatic rings. The summed E-state index contributed by atoms with van der Waals surface area (Å²) >= 11 is 0. The van der Waals surface area contributed by atoms with Crippen molar-refractivity contribution in [3.8, 4) is 0 Å². The van der Waals surface area contributed by atoms with Crippen molar-refractivity contribution in [2.75, 3.05) is 19.7 Å². The van der Waals surface area contributed by atoms with Crippen LogP contribution in [0.2, 0.25) is 0 Å². The normalized spacial score (nSPS) is 22.6. The average molecular weight is 237 g/mol. The van der Waals surface area contributed by atoms with Gasteiger partial charge in [-0.3, -0.25) is 9.58 Å². The van der Waals surface area contributed by atoms with E-state index in [0.717, 1.165) is 25.9 Å². The van der Waals surface area contributed by atoms with Crippen molar-refractivity contribution >= 4 is 0 Å². The molecule has 1 aromatic rings. The predicted octanol–water partition coefficient (Wildman–Crippen LogP) is 1.20. The zero-order valence-corrected chi connectivity index (χ0v) is 10.7. The van der Waals surface area contributed by atoms with Gasteiger partial charge in [0.1, 0.15) is 0 Å². The quantitative estimate of drug-likeness (QED) is 0.855. The Morgan fingerprint density at radius 3 is 3.00 bits per heavy atom. The first kappa shape index (κ1) is 12.6. The van der Waals surface area contributed by atoms with E-state index in [0.29, 0.717) is 12.6 Å². The fourth-order valence-electron chi connectivity index (χ4n) is 2.61. The Bertz CT molecular complexity index is 337. The van der Waals surface area contributed by atoms with Gasteiger partial charge in [-0.2, -0.15) is 5.10 Å². The first-order valence-electron chi connectivity index (χ1n) is 6.62.